The minimum atomic E-state index is -0.0800. The number of nitrogens with zero attached hydrogens (tertiary/aromatic N) is 1. The smallest absolute Gasteiger partial charge is 0.221 e. The topological polar surface area (TPSA) is 54.3 Å². The Morgan fingerprint density at radius 1 is 1.26 bits per heavy atom. The van der Waals surface area contributed by atoms with Gasteiger partial charge in [-0.15, -0.1) is 0 Å². The van der Waals surface area contributed by atoms with Crippen LogP contribution in [-0.2, 0) is 11.4 Å². The van der Waals surface area contributed by atoms with Crippen LogP contribution in [0.25, 0.3) is 5.69 Å². The third kappa shape index (κ3) is 2.69. The van der Waals surface area contributed by atoms with Crippen LogP contribution in [0, 0.1) is 13.8 Å². The first-order chi connectivity index (χ1) is 9.02. The molecule has 0 spiro atoms. The Morgan fingerprint density at radius 2 is 1.89 bits per heavy atom. The van der Waals surface area contributed by atoms with Crippen molar-refractivity contribution in [2.24, 2.45) is 0 Å². The van der Waals surface area contributed by atoms with E-state index in [4.69, 9.17) is 0 Å². The summed E-state index contributed by atoms with van der Waals surface area (Å²) in [4.78, 5) is 11.0. The van der Waals surface area contributed by atoms with Crippen LogP contribution in [0.2, 0.25) is 0 Å². The summed E-state index contributed by atoms with van der Waals surface area (Å²) < 4.78 is 2.09. The highest BCUT2D eigenvalue weighted by atomic mass is 16.3. The maximum Gasteiger partial charge on any atom is 0.221 e. The fourth-order valence-corrected chi connectivity index (χ4v) is 2.28. The van der Waals surface area contributed by atoms with E-state index < -0.39 is 0 Å². The van der Waals surface area contributed by atoms with Gasteiger partial charge < -0.3 is 15.0 Å². The molecule has 0 aliphatic heterocycles. The number of amides is 1. The molecule has 0 saturated carbocycles. The van der Waals surface area contributed by atoms with Gasteiger partial charge in [-0.2, -0.15) is 0 Å². The molecule has 0 radical (unpaired) electrons. The molecule has 2 N–H and O–H groups in total. The molecule has 1 amide bonds. The molecule has 0 atom stereocenters. The highest BCUT2D eigenvalue weighted by Crippen LogP contribution is 2.22. The Balaban J connectivity index is 2.37. The first-order valence-electron chi connectivity index (χ1n) is 6.19. The summed E-state index contributed by atoms with van der Waals surface area (Å²) >= 11 is 0. The van der Waals surface area contributed by atoms with Crippen LogP contribution in [0.1, 0.15) is 23.9 Å². The van der Waals surface area contributed by atoms with E-state index in [-0.39, 0.29) is 12.5 Å². The van der Waals surface area contributed by atoms with Crippen LogP contribution >= 0.6 is 0 Å². The summed E-state index contributed by atoms with van der Waals surface area (Å²) in [6.07, 6.45) is 0. The summed E-state index contributed by atoms with van der Waals surface area (Å²) in [6.45, 7) is 5.53. The second-order valence-electron chi connectivity index (χ2n) is 4.62. The molecule has 0 aliphatic rings. The Bertz CT molecular complexity index is 597. The molecule has 0 saturated heterocycles. The lowest BCUT2D eigenvalue weighted by atomic mass is 10.2. The lowest BCUT2D eigenvalue weighted by Gasteiger charge is -2.11. The first-order valence-corrected chi connectivity index (χ1v) is 6.19. The van der Waals surface area contributed by atoms with Crippen molar-refractivity contribution in [3.05, 3.63) is 47.3 Å². The third-order valence-corrected chi connectivity index (χ3v) is 3.15. The zero-order valence-corrected chi connectivity index (χ0v) is 11.4. The summed E-state index contributed by atoms with van der Waals surface area (Å²) in [6, 6.07) is 9.62. The zero-order valence-electron chi connectivity index (χ0n) is 11.4. The van der Waals surface area contributed by atoms with Crippen LogP contribution in [0.4, 0.5) is 5.69 Å². The number of carbonyl (C=O) groups excluding carboxylic acids is 1. The van der Waals surface area contributed by atoms with Gasteiger partial charge in [0.25, 0.3) is 0 Å². The highest BCUT2D eigenvalue weighted by Gasteiger charge is 2.09. The standard InChI is InChI=1S/C15H18N2O2/c1-10-8-13(9-18)11(2)17(10)15-6-4-14(5-7-15)16-12(3)19/h4-8,18H,9H2,1-3H3,(H,16,19). The highest BCUT2D eigenvalue weighted by molar-refractivity contribution is 5.88. The number of aryl methyl sites for hydroxylation is 1. The zero-order chi connectivity index (χ0) is 14.0. The average Bonchev–Trinajstić information content (AvgIpc) is 2.65. The van der Waals surface area contributed by atoms with Crippen molar-refractivity contribution in [1.29, 1.82) is 0 Å². The van der Waals surface area contributed by atoms with Crippen LogP contribution in [0.3, 0.4) is 0 Å². The number of nitrogens with one attached hydrogen (secondary N) is 1. The summed E-state index contributed by atoms with van der Waals surface area (Å²) in [5.74, 6) is -0.0800. The number of aliphatic hydroxyl groups excluding tert-OH is 1. The minimum Gasteiger partial charge on any atom is -0.392 e. The molecule has 0 aliphatic carbocycles. The van der Waals surface area contributed by atoms with Crippen molar-refractivity contribution >= 4 is 11.6 Å². The second-order valence-corrected chi connectivity index (χ2v) is 4.62. The number of carbonyl (C=O) groups is 1. The molecule has 19 heavy (non-hydrogen) atoms. The SMILES string of the molecule is CC(=O)Nc1ccc(-n2c(C)cc(CO)c2C)cc1. The maximum absolute atomic E-state index is 11.0. The number of benzene rings is 1. The first kappa shape index (κ1) is 13.4. The number of hydrogen-bond donors (Lipinski definition) is 2. The van der Waals surface area contributed by atoms with E-state index in [1.165, 1.54) is 6.92 Å². The van der Waals surface area contributed by atoms with Crippen molar-refractivity contribution in [2.75, 3.05) is 5.32 Å². The van der Waals surface area contributed by atoms with Gasteiger partial charge in [0.2, 0.25) is 5.91 Å². The Morgan fingerprint density at radius 3 is 2.37 bits per heavy atom. The van der Waals surface area contributed by atoms with E-state index in [0.29, 0.717) is 0 Å². The number of anilines is 1. The Kier molecular flexibility index (Phi) is 3.71. The molecule has 2 rings (SSSR count). The molecular weight excluding hydrogens is 240 g/mol. The van der Waals surface area contributed by atoms with Gasteiger partial charge in [0.1, 0.15) is 0 Å². The largest absolute Gasteiger partial charge is 0.392 e. The summed E-state index contributed by atoms with van der Waals surface area (Å²) in [5, 5.41) is 12.0. The minimum absolute atomic E-state index is 0.0453. The van der Waals surface area contributed by atoms with E-state index in [1.807, 2.05) is 44.2 Å². The molecule has 2 aromatic rings. The second kappa shape index (κ2) is 5.28. The molecule has 1 aromatic carbocycles. The fourth-order valence-electron chi connectivity index (χ4n) is 2.28. The number of aliphatic hydroxyl groups is 1. The van der Waals surface area contributed by atoms with Gasteiger partial charge in [-0.3, -0.25) is 4.79 Å². The predicted molar refractivity (Wildman–Crippen MR) is 75.5 cm³/mol. The van der Waals surface area contributed by atoms with Crippen LogP contribution in [0.5, 0.6) is 0 Å². The van der Waals surface area contributed by atoms with E-state index in [1.54, 1.807) is 0 Å². The van der Waals surface area contributed by atoms with E-state index >= 15 is 0 Å². The van der Waals surface area contributed by atoms with Gasteiger partial charge in [-0.05, 0) is 49.7 Å². The summed E-state index contributed by atoms with van der Waals surface area (Å²) in [5.41, 5.74) is 4.84. The van der Waals surface area contributed by atoms with E-state index in [2.05, 4.69) is 9.88 Å². The number of hydrogen-bond acceptors (Lipinski definition) is 2. The Labute approximate surface area is 112 Å². The van der Waals surface area contributed by atoms with Crippen molar-refractivity contribution < 1.29 is 9.90 Å². The van der Waals surface area contributed by atoms with E-state index in [9.17, 15) is 9.90 Å². The normalized spacial score (nSPS) is 10.5. The molecule has 4 nitrogen and oxygen atoms in total. The van der Waals surface area contributed by atoms with Gasteiger partial charge >= 0.3 is 0 Å². The van der Waals surface area contributed by atoms with Gasteiger partial charge in [0.15, 0.2) is 0 Å². The molecule has 0 fully saturated rings. The van der Waals surface area contributed by atoms with Crippen LogP contribution in [-0.4, -0.2) is 15.6 Å². The predicted octanol–water partition coefficient (Wildman–Crippen LogP) is 2.54. The molecule has 1 aromatic heterocycles. The van der Waals surface area contributed by atoms with Gasteiger partial charge in [0.05, 0.1) is 6.61 Å². The van der Waals surface area contributed by atoms with Crippen molar-refractivity contribution in [2.45, 2.75) is 27.4 Å². The van der Waals surface area contributed by atoms with Gasteiger partial charge in [-0.25, -0.2) is 0 Å². The molecule has 1 heterocycles. The van der Waals surface area contributed by atoms with Crippen LogP contribution in [0.15, 0.2) is 30.3 Å². The molecule has 0 bridgehead atoms. The lowest BCUT2D eigenvalue weighted by Crippen LogP contribution is -2.06. The van der Waals surface area contributed by atoms with E-state index in [0.717, 1.165) is 28.3 Å². The number of aromatic nitrogens is 1. The van der Waals surface area contributed by atoms with Gasteiger partial charge in [-0.1, -0.05) is 0 Å². The fraction of sp³-hybridized carbons (Fsp3) is 0.267. The molecule has 4 heteroatoms. The number of rotatable bonds is 3. The molecule has 0 unspecified atom stereocenters. The van der Waals surface area contributed by atoms with Crippen molar-refractivity contribution in [3.63, 3.8) is 0 Å². The van der Waals surface area contributed by atoms with Gasteiger partial charge in [0, 0.05) is 29.7 Å². The summed E-state index contributed by atoms with van der Waals surface area (Å²) in [7, 11) is 0. The monoisotopic (exact) mass is 258 g/mol. The van der Waals surface area contributed by atoms with Crippen molar-refractivity contribution in [3.8, 4) is 5.69 Å². The molecular formula is C15H18N2O2. The molecule has 100 valence electrons. The maximum atomic E-state index is 11.0. The lowest BCUT2D eigenvalue weighted by molar-refractivity contribution is -0.114. The average molecular weight is 258 g/mol. The quantitative estimate of drug-likeness (QED) is 0.889. The van der Waals surface area contributed by atoms with Crippen LogP contribution < -0.4 is 5.32 Å². The third-order valence-electron chi connectivity index (χ3n) is 3.15. The van der Waals surface area contributed by atoms with Crippen molar-refractivity contribution in [1.82, 2.24) is 4.57 Å². The Hall–Kier alpha value is -2.07.